The molecule has 2 aromatic carbocycles. The Morgan fingerprint density at radius 2 is 1.88 bits per heavy atom. The molecule has 0 aliphatic carbocycles. The summed E-state index contributed by atoms with van der Waals surface area (Å²) in [5.74, 6) is -0.287. The van der Waals surface area contributed by atoms with Gasteiger partial charge in [-0.2, -0.15) is 0 Å². The number of rotatable bonds is 3. The summed E-state index contributed by atoms with van der Waals surface area (Å²) in [6.45, 7) is 0. The van der Waals surface area contributed by atoms with E-state index in [4.69, 9.17) is 11.6 Å². The molecule has 1 N–H and O–H groups in total. The average molecular weight is 266 g/mol. The van der Waals surface area contributed by atoms with Crippen LogP contribution in [-0.4, -0.2) is 5.49 Å². The van der Waals surface area contributed by atoms with Crippen molar-refractivity contribution in [3.05, 3.63) is 53.3 Å². The molecular weight excluding hydrogens is 257 g/mol. The van der Waals surface area contributed by atoms with E-state index in [-0.39, 0.29) is 5.82 Å². The fourth-order valence-corrected chi connectivity index (χ4v) is 1.99. The first-order valence-corrected chi connectivity index (χ1v) is 5.82. The summed E-state index contributed by atoms with van der Waals surface area (Å²) in [5.41, 5.74) is 3.34. The summed E-state index contributed by atoms with van der Waals surface area (Å²) in [5, 5.41) is 3.34. The van der Waals surface area contributed by atoms with Gasteiger partial charge in [-0.3, -0.25) is 0 Å². The van der Waals surface area contributed by atoms with Crippen LogP contribution in [0.2, 0.25) is 5.02 Å². The van der Waals surface area contributed by atoms with Crippen molar-refractivity contribution in [3.63, 3.8) is 0 Å². The van der Waals surface area contributed by atoms with E-state index in [0.29, 0.717) is 16.1 Å². The second-order valence-electron chi connectivity index (χ2n) is 3.44. The summed E-state index contributed by atoms with van der Waals surface area (Å²) >= 11 is 10.8. The van der Waals surface area contributed by atoms with E-state index >= 15 is 0 Å². The highest BCUT2D eigenvalue weighted by molar-refractivity contribution is 7.79. The lowest BCUT2D eigenvalue weighted by atomic mass is 10.0. The molecule has 0 aromatic heterocycles. The molecule has 0 spiro atoms. The van der Waals surface area contributed by atoms with Crippen molar-refractivity contribution in [1.29, 1.82) is 0 Å². The molecule has 0 amide bonds. The monoisotopic (exact) mass is 265 g/mol. The molecule has 0 fully saturated rings. The zero-order valence-electron chi connectivity index (χ0n) is 8.78. The van der Waals surface area contributed by atoms with Gasteiger partial charge in [0.2, 0.25) is 0 Å². The third-order valence-corrected chi connectivity index (χ3v) is 2.79. The number of halogens is 2. The van der Waals surface area contributed by atoms with Crippen LogP contribution in [0.1, 0.15) is 0 Å². The summed E-state index contributed by atoms with van der Waals surface area (Å²) in [4.78, 5) is 0. The zero-order valence-corrected chi connectivity index (χ0v) is 10.4. The van der Waals surface area contributed by atoms with Crippen LogP contribution in [0, 0.1) is 5.82 Å². The number of hydrogen-bond acceptors (Lipinski definition) is 1. The molecule has 0 heterocycles. The quantitative estimate of drug-likeness (QED) is 0.819. The van der Waals surface area contributed by atoms with E-state index in [1.165, 1.54) is 11.6 Å². The zero-order chi connectivity index (χ0) is 12.3. The SMILES string of the molecule is Fc1ccccc1-c1ccc(NC=S)cc1Cl. The molecule has 2 aromatic rings. The molecule has 0 saturated heterocycles. The highest BCUT2D eigenvalue weighted by Gasteiger charge is 2.08. The fourth-order valence-electron chi connectivity index (χ4n) is 1.57. The standard InChI is InChI=1S/C13H9ClFNS/c14-12-7-9(16-8-17)5-6-10(12)11-3-1-2-4-13(11)15/h1-8H,(H,16,17). The predicted octanol–water partition coefficient (Wildman–Crippen LogP) is 4.52. The minimum Gasteiger partial charge on any atom is -0.353 e. The molecule has 1 nitrogen and oxygen atoms in total. The van der Waals surface area contributed by atoms with Crippen molar-refractivity contribution in [3.8, 4) is 11.1 Å². The van der Waals surface area contributed by atoms with Crippen LogP contribution < -0.4 is 5.32 Å². The second-order valence-corrected chi connectivity index (χ2v) is 4.08. The van der Waals surface area contributed by atoms with Crippen molar-refractivity contribution in [2.75, 3.05) is 5.32 Å². The molecule has 0 unspecified atom stereocenters. The molecule has 0 aliphatic rings. The van der Waals surface area contributed by atoms with Gasteiger partial charge >= 0.3 is 0 Å². The molecule has 0 bridgehead atoms. The van der Waals surface area contributed by atoms with Crippen molar-refractivity contribution in [1.82, 2.24) is 0 Å². The Balaban J connectivity index is 2.47. The third kappa shape index (κ3) is 2.62. The normalized spacial score (nSPS) is 10.0. The summed E-state index contributed by atoms with van der Waals surface area (Å²) < 4.78 is 13.6. The van der Waals surface area contributed by atoms with E-state index < -0.39 is 0 Å². The molecule has 0 radical (unpaired) electrons. The molecule has 0 aliphatic heterocycles. The molecule has 0 saturated carbocycles. The van der Waals surface area contributed by atoms with Crippen LogP contribution in [-0.2, 0) is 0 Å². The Morgan fingerprint density at radius 1 is 1.12 bits per heavy atom. The molecule has 0 atom stereocenters. The largest absolute Gasteiger partial charge is 0.353 e. The highest BCUT2D eigenvalue weighted by atomic mass is 35.5. The lowest BCUT2D eigenvalue weighted by Crippen LogP contribution is -1.92. The number of benzene rings is 2. The van der Waals surface area contributed by atoms with Crippen molar-refractivity contribution in [2.45, 2.75) is 0 Å². The van der Waals surface area contributed by atoms with Crippen LogP contribution in [0.15, 0.2) is 42.5 Å². The highest BCUT2D eigenvalue weighted by Crippen LogP contribution is 2.31. The predicted molar refractivity (Wildman–Crippen MR) is 74.1 cm³/mol. The Labute approximate surface area is 109 Å². The van der Waals surface area contributed by atoms with Crippen LogP contribution in [0.3, 0.4) is 0 Å². The molecule has 17 heavy (non-hydrogen) atoms. The van der Waals surface area contributed by atoms with Gasteiger partial charge < -0.3 is 5.32 Å². The Hall–Kier alpha value is -1.45. The number of nitrogens with one attached hydrogen (secondary N) is 1. The van der Waals surface area contributed by atoms with E-state index in [2.05, 4.69) is 17.5 Å². The Bertz CT molecular complexity index is 557. The summed E-state index contributed by atoms with van der Waals surface area (Å²) in [7, 11) is 0. The minimum atomic E-state index is -0.287. The average Bonchev–Trinajstić information content (AvgIpc) is 2.31. The Kier molecular flexibility index (Phi) is 3.71. The Morgan fingerprint density at radius 3 is 2.53 bits per heavy atom. The number of hydrogen-bond donors (Lipinski definition) is 1. The lowest BCUT2D eigenvalue weighted by molar-refractivity contribution is 0.631. The van der Waals surface area contributed by atoms with Crippen molar-refractivity contribution >= 4 is 35.0 Å². The van der Waals surface area contributed by atoms with Gasteiger partial charge in [0, 0.05) is 16.8 Å². The van der Waals surface area contributed by atoms with E-state index in [9.17, 15) is 4.39 Å². The first-order valence-electron chi connectivity index (χ1n) is 4.97. The van der Waals surface area contributed by atoms with Crippen LogP contribution in [0.25, 0.3) is 11.1 Å². The third-order valence-electron chi connectivity index (χ3n) is 2.36. The maximum atomic E-state index is 13.6. The van der Waals surface area contributed by atoms with Gasteiger partial charge in [0.15, 0.2) is 0 Å². The van der Waals surface area contributed by atoms with Gasteiger partial charge in [-0.15, -0.1) is 0 Å². The molecule has 4 heteroatoms. The van der Waals surface area contributed by atoms with E-state index in [1.54, 1.807) is 36.4 Å². The van der Waals surface area contributed by atoms with Gasteiger partial charge in [0.1, 0.15) is 5.82 Å². The molecule has 86 valence electrons. The second kappa shape index (κ2) is 5.25. The van der Waals surface area contributed by atoms with Crippen molar-refractivity contribution in [2.24, 2.45) is 0 Å². The van der Waals surface area contributed by atoms with Crippen LogP contribution in [0.5, 0.6) is 0 Å². The van der Waals surface area contributed by atoms with Gasteiger partial charge in [-0.25, -0.2) is 4.39 Å². The molecule has 2 rings (SSSR count). The molecular formula is C13H9ClFNS. The van der Waals surface area contributed by atoms with Crippen LogP contribution in [0.4, 0.5) is 10.1 Å². The van der Waals surface area contributed by atoms with Gasteiger partial charge in [-0.1, -0.05) is 48.1 Å². The maximum absolute atomic E-state index is 13.6. The van der Waals surface area contributed by atoms with E-state index in [1.807, 2.05) is 0 Å². The van der Waals surface area contributed by atoms with E-state index in [0.717, 1.165) is 5.69 Å². The summed E-state index contributed by atoms with van der Waals surface area (Å²) in [6.07, 6.45) is 0. The van der Waals surface area contributed by atoms with Crippen LogP contribution >= 0.6 is 23.8 Å². The number of thiocarbonyl (C=S) groups is 1. The topological polar surface area (TPSA) is 12.0 Å². The lowest BCUT2D eigenvalue weighted by Gasteiger charge is -2.08. The number of anilines is 1. The van der Waals surface area contributed by atoms with Gasteiger partial charge in [0.25, 0.3) is 0 Å². The summed E-state index contributed by atoms with van der Waals surface area (Å²) in [6, 6.07) is 11.8. The minimum absolute atomic E-state index is 0.287. The first kappa shape index (κ1) is 12.0. The van der Waals surface area contributed by atoms with Gasteiger partial charge in [-0.05, 0) is 18.2 Å². The first-order chi connectivity index (χ1) is 8.22. The van der Waals surface area contributed by atoms with Crippen molar-refractivity contribution < 1.29 is 4.39 Å². The maximum Gasteiger partial charge on any atom is 0.131 e. The smallest absolute Gasteiger partial charge is 0.131 e. The fraction of sp³-hybridized carbons (Fsp3) is 0. The van der Waals surface area contributed by atoms with Gasteiger partial charge in [0.05, 0.1) is 10.5 Å².